The van der Waals surface area contributed by atoms with Gasteiger partial charge in [0, 0.05) is 71.9 Å². The second-order valence-corrected chi connectivity index (χ2v) is 11.7. The van der Waals surface area contributed by atoms with E-state index in [1.54, 1.807) is 0 Å². The molecule has 0 N–H and O–H groups in total. The molecule has 1 aromatic carbocycles. The Morgan fingerprint density at radius 2 is 1.59 bits per heavy atom. The summed E-state index contributed by atoms with van der Waals surface area (Å²) >= 11 is 3.84. The molecule has 2 bridgehead atoms. The maximum absolute atomic E-state index is 11.9. The van der Waals surface area contributed by atoms with Crippen molar-refractivity contribution in [3.05, 3.63) is 42.2 Å². The molecule has 2 saturated heterocycles. The predicted octanol–water partition coefficient (Wildman–Crippen LogP) is 5.39. The lowest BCUT2D eigenvalue weighted by Gasteiger charge is -2.38. The Morgan fingerprint density at radius 3 is 2.19 bits per heavy atom. The summed E-state index contributed by atoms with van der Waals surface area (Å²) in [6.45, 7) is 2.19. The number of nitrogens with zero attached hydrogens (tertiary/aromatic N) is 4. The van der Waals surface area contributed by atoms with Crippen molar-refractivity contribution >= 4 is 45.7 Å². The van der Waals surface area contributed by atoms with E-state index in [1.165, 1.54) is 48.6 Å². The first kappa shape index (κ1) is 22.6. The van der Waals surface area contributed by atoms with Crippen molar-refractivity contribution in [2.45, 2.75) is 57.0 Å². The van der Waals surface area contributed by atoms with Gasteiger partial charge in [0.05, 0.1) is 0 Å². The van der Waals surface area contributed by atoms with Crippen molar-refractivity contribution < 1.29 is 4.79 Å². The number of thioether (sulfide) groups is 1. The van der Waals surface area contributed by atoms with Gasteiger partial charge < -0.3 is 4.90 Å². The Labute approximate surface area is 209 Å². The highest BCUT2D eigenvalue weighted by molar-refractivity contribution is 14.1. The molecule has 1 saturated carbocycles. The molecule has 1 aromatic heterocycles. The average Bonchev–Trinajstić information content (AvgIpc) is 3.10. The average molecular weight is 563 g/mol. The first-order chi connectivity index (χ1) is 15.6. The monoisotopic (exact) mass is 562 g/mol. The Bertz CT molecular complexity index is 916. The molecule has 5 rings (SSSR count). The van der Waals surface area contributed by atoms with Gasteiger partial charge in [-0.1, -0.05) is 36.0 Å². The molecule has 2 unspecified atom stereocenters. The molecule has 5 nitrogen and oxygen atoms in total. The number of aromatic nitrogens is 2. The van der Waals surface area contributed by atoms with Crippen LogP contribution in [0.3, 0.4) is 0 Å². The molecule has 0 amide bonds. The van der Waals surface area contributed by atoms with Gasteiger partial charge >= 0.3 is 0 Å². The van der Waals surface area contributed by atoms with E-state index < -0.39 is 0 Å². The van der Waals surface area contributed by atoms with Gasteiger partial charge in [-0.25, -0.2) is 13.1 Å². The number of fused-ring (bicyclic) bond motifs is 2. The van der Waals surface area contributed by atoms with Crippen LogP contribution in [0.25, 0.3) is 11.1 Å². The van der Waals surface area contributed by atoms with E-state index >= 15 is 0 Å². The standard InChI is InChI=1S/C25H31IN4OS/c1-32-24(31)20-8-4-18(5-9-20)12-17-2-6-19(7-3-17)21-13-27-25(28-14-21)30-22-10-11-23(30)16-29(26)15-22/h2-3,6-7,13-14,18,20,22-23H,4-5,8-12,15-16H2,1H3/t18-,20+,22?,23?. The third kappa shape index (κ3) is 4.85. The van der Waals surface area contributed by atoms with E-state index in [0.717, 1.165) is 43.9 Å². The third-order valence-corrected chi connectivity index (χ3v) is 9.02. The Morgan fingerprint density at radius 1 is 0.969 bits per heavy atom. The smallest absolute Gasteiger partial charge is 0.225 e. The predicted molar refractivity (Wildman–Crippen MR) is 140 cm³/mol. The molecule has 0 radical (unpaired) electrons. The van der Waals surface area contributed by atoms with Crippen molar-refractivity contribution in [2.75, 3.05) is 24.2 Å². The molecule has 3 fully saturated rings. The van der Waals surface area contributed by atoms with Gasteiger partial charge in [0.2, 0.25) is 5.95 Å². The van der Waals surface area contributed by atoms with Crippen molar-refractivity contribution in [1.82, 2.24) is 13.1 Å². The zero-order valence-corrected chi connectivity index (χ0v) is 21.6. The van der Waals surface area contributed by atoms with Gasteiger partial charge in [0.15, 0.2) is 5.12 Å². The van der Waals surface area contributed by atoms with E-state index in [9.17, 15) is 4.79 Å². The highest BCUT2D eigenvalue weighted by atomic mass is 127. The second-order valence-electron chi connectivity index (χ2n) is 9.53. The number of hydrogen-bond donors (Lipinski definition) is 0. The Kier molecular flexibility index (Phi) is 7.04. The number of benzene rings is 1. The highest BCUT2D eigenvalue weighted by Crippen LogP contribution is 2.35. The van der Waals surface area contributed by atoms with E-state index in [4.69, 9.17) is 9.97 Å². The number of carbonyl (C=O) groups excluding carboxylic acids is 1. The summed E-state index contributed by atoms with van der Waals surface area (Å²) in [6.07, 6.45) is 13.9. The zero-order chi connectivity index (χ0) is 22.1. The number of piperazine rings is 1. The number of anilines is 1. The summed E-state index contributed by atoms with van der Waals surface area (Å²) in [5, 5.41) is 0.376. The van der Waals surface area contributed by atoms with Gasteiger partial charge in [0.1, 0.15) is 0 Å². The lowest BCUT2D eigenvalue weighted by atomic mass is 9.79. The minimum Gasteiger partial charge on any atom is -0.332 e. The molecule has 2 aromatic rings. The number of rotatable bonds is 5. The van der Waals surface area contributed by atoms with Crippen LogP contribution in [0, 0.1) is 11.8 Å². The Balaban J connectivity index is 1.19. The van der Waals surface area contributed by atoms with E-state index in [0.29, 0.717) is 23.1 Å². The molecule has 7 heteroatoms. The summed E-state index contributed by atoms with van der Waals surface area (Å²) in [7, 11) is 0. The fraction of sp³-hybridized carbons (Fsp3) is 0.560. The van der Waals surface area contributed by atoms with Crippen LogP contribution in [0.4, 0.5) is 5.95 Å². The van der Waals surface area contributed by atoms with Gasteiger partial charge in [-0.05, 0) is 68.2 Å². The summed E-state index contributed by atoms with van der Waals surface area (Å²) in [5.41, 5.74) is 3.64. The van der Waals surface area contributed by atoms with Crippen LogP contribution in [-0.2, 0) is 11.2 Å². The van der Waals surface area contributed by atoms with Gasteiger partial charge in [-0.2, -0.15) is 0 Å². The van der Waals surface area contributed by atoms with E-state index in [2.05, 4.69) is 55.1 Å². The van der Waals surface area contributed by atoms with Crippen molar-refractivity contribution in [3.8, 4) is 11.1 Å². The minimum absolute atomic E-state index is 0.284. The molecule has 3 heterocycles. The van der Waals surface area contributed by atoms with Crippen molar-refractivity contribution in [1.29, 1.82) is 0 Å². The van der Waals surface area contributed by atoms with Crippen molar-refractivity contribution in [2.24, 2.45) is 11.8 Å². The minimum atomic E-state index is 0.284. The first-order valence-electron chi connectivity index (χ1n) is 11.8. The number of carbonyl (C=O) groups is 1. The van der Waals surface area contributed by atoms with Crippen LogP contribution in [0.1, 0.15) is 44.1 Å². The molecule has 2 atom stereocenters. The molecular formula is C25H31IN4OS. The molecule has 3 aliphatic rings. The summed E-state index contributed by atoms with van der Waals surface area (Å²) in [6, 6.07) is 10.0. The first-order valence-corrected chi connectivity index (χ1v) is 14.0. The summed E-state index contributed by atoms with van der Waals surface area (Å²) in [4.78, 5) is 23.9. The van der Waals surface area contributed by atoms with Crippen LogP contribution >= 0.6 is 34.6 Å². The highest BCUT2D eigenvalue weighted by Gasteiger charge is 2.40. The van der Waals surface area contributed by atoms with Crippen LogP contribution in [0.15, 0.2) is 36.7 Å². The van der Waals surface area contributed by atoms with Gasteiger partial charge in [-0.3, -0.25) is 4.79 Å². The summed E-state index contributed by atoms with van der Waals surface area (Å²) in [5.74, 6) is 1.87. The summed E-state index contributed by atoms with van der Waals surface area (Å²) < 4.78 is 2.40. The maximum atomic E-state index is 11.9. The quantitative estimate of drug-likeness (QED) is 0.360. The largest absolute Gasteiger partial charge is 0.332 e. The fourth-order valence-corrected chi connectivity index (χ4v) is 7.20. The van der Waals surface area contributed by atoms with Crippen molar-refractivity contribution in [3.63, 3.8) is 0 Å². The fourth-order valence-electron chi connectivity index (χ4n) is 5.72. The van der Waals surface area contributed by atoms with E-state index in [-0.39, 0.29) is 5.92 Å². The van der Waals surface area contributed by atoms with Gasteiger partial charge in [0.25, 0.3) is 0 Å². The topological polar surface area (TPSA) is 49.3 Å². The molecule has 2 aliphatic heterocycles. The zero-order valence-electron chi connectivity index (χ0n) is 18.6. The molecule has 0 spiro atoms. The lowest BCUT2D eigenvalue weighted by molar-refractivity contribution is -0.115. The number of halogens is 1. The van der Waals surface area contributed by atoms with Gasteiger partial charge in [-0.15, -0.1) is 0 Å². The Hall–Kier alpha value is -1.19. The van der Waals surface area contributed by atoms with Crippen LogP contribution < -0.4 is 4.90 Å². The molecular weight excluding hydrogens is 531 g/mol. The lowest BCUT2D eigenvalue weighted by Crippen LogP contribution is -2.51. The van der Waals surface area contributed by atoms with Crippen LogP contribution in [-0.4, -0.2) is 49.6 Å². The second kappa shape index (κ2) is 9.97. The van der Waals surface area contributed by atoms with Crippen LogP contribution in [0.5, 0.6) is 0 Å². The van der Waals surface area contributed by atoms with Crippen LogP contribution in [0.2, 0.25) is 0 Å². The SMILES string of the molecule is CSC(=O)[C@H]1CC[C@@H](Cc2ccc(-c3cnc(N4C5CCC4CN(I)C5)nc3)cc2)CC1. The molecule has 1 aliphatic carbocycles. The van der Waals surface area contributed by atoms with E-state index in [1.807, 2.05) is 18.6 Å². The number of hydrogen-bond acceptors (Lipinski definition) is 6. The third-order valence-electron chi connectivity index (χ3n) is 7.50. The molecule has 170 valence electrons. The maximum Gasteiger partial charge on any atom is 0.225 e. The normalized spacial score (nSPS) is 28.1. The molecule has 32 heavy (non-hydrogen) atoms.